The van der Waals surface area contributed by atoms with Crippen LogP contribution >= 0.6 is 0 Å². The van der Waals surface area contributed by atoms with Gasteiger partial charge in [0, 0.05) is 13.2 Å². The Morgan fingerprint density at radius 3 is 2.58 bits per heavy atom. The van der Waals surface area contributed by atoms with Gasteiger partial charge < -0.3 is 5.73 Å². The third kappa shape index (κ3) is 1.53. The van der Waals surface area contributed by atoms with Gasteiger partial charge in [-0.1, -0.05) is 0 Å². The minimum atomic E-state index is -0.826. The summed E-state index contributed by atoms with van der Waals surface area (Å²) in [5.41, 5.74) is 5.37. The zero-order valence-corrected chi connectivity index (χ0v) is 7.53. The van der Waals surface area contributed by atoms with Crippen molar-refractivity contribution in [2.45, 2.75) is 19.4 Å². The van der Waals surface area contributed by atoms with E-state index in [9.17, 15) is 4.79 Å². The molecule has 0 saturated heterocycles. The van der Waals surface area contributed by atoms with Crippen LogP contribution in [-0.2, 0) is 7.05 Å². The quantitative estimate of drug-likeness (QED) is 0.646. The van der Waals surface area contributed by atoms with Crippen LogP contribution < -0.4 is 5.73 Å². The fourth-order valence-corrected chi connectivity index (χ4v) is 0.927. The van der Waals surface area contributed by atoms with Gasteiger partial charge in [0.2, 0.25) is 0 Å². The van der Waals surface area contributed by atoms with Crippen LogP contribution in [0.2, 0.25) is 0 Å². The van der Waals surface area contributed by atoms with E-state index in [1.54, 1.807) is 33.2 Å². The van der Waals surface area contributed by atoms with Crippen molar-refractivity contribution in [3.05, 3.63) is 18.0 Å². The van der Waals surface area contributed by atoms with Crippen LogP contribution in [0.25, 0.3) is 0 Å². The number of Topliss-reactive ketones (excluding diaryl/α,β-unsaturated/α-hetero) is 1. The molecule has 0 aliphatic carbocycles. The second-order valence-corrected chi connectivity index (χ2v) is 3.39. The number of hydrogen-bond acceptors (Lipinski definition) is 3. The zero-order valence-electron chi connectivity index (χ0n) is 7.53. The van der Waals surface area contributed by atoms with E-state index < -0.39 is 5.54 Å². The van der Waals surface area contributed by atoms with Crippen molar-refractivity contribution < 1.29 is 4.79 Å². The van der Waals surface area contributed by atoms with Crippen molar-refractivity contribution in [3.63, 3.8) is 0 Å². The maximum atomic E-state index is 11.6. The molecule has 0 atom stereocenters. The van der Waals surface area contributed by atoms with Crippen LogP contribution in [0.5, 0.6) is 0 Å². The fraction of sp³-hybridized carbons (Fsp3) is 0.500. The summed E-state index contributed by atoms with van der Waals surface area (Å²) < 4.78 is 1.52. The van der Waals surface area contributed by atoms with Gasteiger partial charge in [-0.25, -0.2) is 0 Å². The number of nitrogens with zero attached hydrogens (tertiary/aromatic N) is 2. The van der Waals surface area contributed by atoms with Crippen molar-refractivity contribution in [1.82, 2.24) is 9.78 Å². The van der Waals surface area contributed by atoms with Crippen LogP contribution in [0.1, 0.15) is 24.3 Å². The molecule has 0 aromatic carbocycles. The first-order valence-electron chi connectivity index (χ1n) is 3.74. The van der Waals surface area contributed by atoms with Crippen LogP contribution in [0.4, 0.5) is 0 Å². The molecule has 1 rings (SSSR count). The standard InChI is InChI=1S/C8H13N3O/c1-8(2,9)7(12)6-4-5-10-11(6)3/h4-5H,9H2,1-3H3. The molecule has 1 aromatic heterocycles. The Bertz CT molecular complexity index is 295. The molecule has 4 heteroatoms. The molecule has 4 nitrogen and oxygen atoms in total. The molecular formula is C8H13N3O. The summed E-state index contributed by atoms with van der Waals surface area (Å²) in [6, 6.07) is 1.66. The molecule has 0 bridgehead atoms. The molecule has 1 aromatic rings. The summed E-state index contributed by atoms with van der Waals surface area (Å²) in [4.78, 5) is 11.6. The largest absolute Gasteiger partial charge is 0.319 e. The first-order valence-corrected chi connectivity index (χ1v) is 3.74. The van der Waals surface area contributed by atoms with Crippen LogP contribution in [0.15, 0.2) is 12.3 Å². The average molecular weight is 167 g/mol. The first kappa shape index (κ1) is 8.93. The van der Waals surface area contributed by atoms with Crippen LogP contribution in [0, 0.1) is 0 Å². The summed E-state index contributed by atoms with van der Waals surface area (Å²) in [7, 11) is 1.72. The molecule has 0 aliphatic rings. The Morgan fingerprint density at radius 2 is 2.25 bits per heavy atom. The predicted octanol–water partition coefficient (Wildman–Crippen LogP) is 0.340. The predicted molar refractivity (Wildman–Crippen MR) is 45.8 cm³/mol. The third-order valence-electron chi connectivity index (χ3n) is 1.64. The van der Waals surface area contributed by atoms with Gasteiger partial charge in [0.25, 0.3) is 0 Å². The summed E-state index contributed by atoms with van der Waals surface area (Å²) in [5, 5.41) is 3.89. The van der Waals surface area contributed by atoms with Gasteiger partial charge in [-0.2, -0.15) is 5.10 Å². The maximum absolute atomic E-state index is 11.6. The Morgan fingerprint density at radius 1 is 1.67 bits per heavy atom. The van der Waals surface area contributed by atoms with Gasteiger partial charge in [-0.05, 0) is 19.9 Å². The number of ketones is 1. The van der Waals surface area contributed by atoms with Crippen LogP contribution in [-0.4, -0.2) is 21.1 Å². The maximum Gasteiger partial charge on any atom is 0.199 e. The van der Waals surface area contributed by atoms with E-state index in [1.165, 1.54) is 4.68 Å². The number of aromatic nitrogens is 2. The Balaban J connectivity index is 3.01. The smallest absolute Gasteiger partial charge is 0.199 e. The van der Waals surface area contributed by atoms with Gasteiger partial charge in [0.1, 0.15) is 5.69 Å². The molecular weight excluding hydrogens is 154 g/mol. The topological polar surface area (TPSA) is 60.9 Å². The number of hydrogen-bond donors (Lipinski definition) is 1. The highest BCUT2D eigenvalue weighted by Crippen LogP contribution is 2.08. The van der Waals surface area contributed by atoms with E-state index in [-0.39, 0.29) is 5.78 Å². The SMILES string of the molecule is Cn1nccc1C(=O)C(C)(C)N. The number of carbonyl (C=O) groups is 1. The Kier molecular flexibility index (Phi) is 2.02. The van der Waals surface area contributed by atoms with Crippen molar-refractivity contribution in [2.24, 2.45) is 12.8 Å². The minimum absolute atomic E-state index is 0.0949. The molecule has 0 aliphatic heterocycles. The van der Waals surface area contributed by atoms with Gasteiger partial charge in [0.15, 0.2) is 5.78 Å². The third-order valence-corrected chi connectivity index (χ3v) is 1.64. The molecule has 66 valence electrons. The monoisotopic (exact) mass is 167 g/mol. The highest BCUT2D eigenvalue weighted by molar-refractivity contribution is 6.01. The molecule has 0 radical (unpaired) electrons. The van der Waals surface area contributed by atoms with E-state index >= 15 is 0 Å². The number of rotatable bonds is 2. The molecule has 0 fully saturated rings. The lowest BCUT2D eigenvalue weighted by molar-refractivity contribution is 0.0904. The van der Waals surface area contributed by atoms with E-state index in [4.69, 9.17) is 5.73 Å². The van der Waals surface area contributed by atoms with Gasteiger partial charge in [-0.15, -0.1) is 0 Å². The lowest BCUT2D eigenvalue weighted by atomic mass is 9.98. The summed E-state index contributed by atoms with van der Waals surface area (Å²) in [5.74, 6) is -0.0949. The molecule has 12 heavy (non-hydrogen) atoms. The second-order valence-electron chi connectivity index (χ2n) is 3.39. The molecule has 0 saturated carbocycles. The van der Waals surface area contributed by atoms with Crippen molar-refractivity contribution in [2.75, 3.05) is 0 Å². The van der Waals surface area contributed by atoms with E-state index in [1.807, 2.05) is 0 Å². The normalized spacial score (nSPS) is 11.7. The summed E-state index contributed by atoms with van der Waals surface area (Å²) in [6.07, 6.45) is 1.58. The summed E-state index contributed by atoms with van der Waals surface area (Å²) >= 11 is 0. The first-order chi connectivity index (χ1) is 5.43. The van der Waals surface area contributed by atoms with Crippen molar-refractivity contribution >= 4 is 5.78 Å². The van der Waals surface area contributed by atoms with Gasteiger partial charge in [-0.3, -0.25) is 9.48 Å². The van der Waals surface area contributed by atoms with E-state index in [2.05, 4.69) is 5.10 Å². The average Bonchev–Trinajstić information content (AvgIpc) is 2.31. The zero-order chi connectivity index (χ0) is 9.35. The Hall–Kier alpha value is -1.16. The van der Waals surface area contributed by atoms with Crippen molar-refractivity contribution in [1.29, 1.82) is 0 Å². The van der Waals surface area contributed by atoms with Crippen molar-refractivity contribution in [3.8, 4) is 0 Å². The lowest BCUT2D eigenvalue weighted by Gasteiger charge is -2.16. The number of nitrogens with two attached hydrogens (primary N) is 1. The van der Waals surface area contributed by atoms with Gasteiger partial charge >= 0.3 is 0 Å². The van der Waals surface area contributed by atoms with E-state index in [0.29, 0.717) is 5.69 Å². The lowest BCUT2D eigenvalue weighted by Crippen LogP contribution is -2.42. The van der Waals surface area contributed by atoms with E-state index in [0.717, 1.165) is 0 Å². The van der Waals surface area contributed by atoms with Crippen LogP contribution in [0.3, 0.4) is 0 Å². The van der Waals surface area contributed by atoms with Gasteiger partial charge in [0.05, 0.1) is 5.54 Å². The number of aryl methyl sites for hydroxylation is 1. The number of carbonyl (C=O) groups excluding carboxylic acids is 1. The summed E-state index contributed by atoms with van der Waals surface area (Å²) in [6.45, 7) is 3.37. The molecule has 0 unspecified atom stereocenters. The minimum Gasteiger partial charge on any atom is -0.319 e. The molecule has 2 N–H and O–H groups in total. The molecule has 1 heterocycles. The highest BCUT2D eigenvalue weighted by atomic mass is 16.1. The molecule has 0 spiro atoms. The fourth-order valence-electron chi connectivity index (χ4n) is 0.927. The highest BCUT2D eigenvalue weighted by Gasteiger charge is 2.25. The second kappa shape index (κ2) is 2.71. The molecule has 0 amide bonds. The Labute approximate surface area is 71.4 Å².